The molecule has 0 saturated carbocycles. The Morgan fingerprint density at radius 2 is 1.90 bits per heavy atom. The predicted octanol–water partition coefficient (Wildman–Crippen LogP) is 3.42. The summed E-state index contributed by atoms with van der Waals surface area (Å²) in [5, 5.41) is 0.645. The van der Waals surface area contributed by atoms with Crippen LogP contribution in [0.4, 0.5) is 5.13 Å². The van der Waals surface area contributed by atoms with Crippen molar-refractivity contribution >= 4 is 43.7 Å². The van der Waals surface area contributed by atoms with E-state index < -0.39 is 5.76 Å². The molecule has 0 N–H and O–H groups in total. The number of amides is 1. The van der Waals surface area contributed by atoms with Gasteiger partial charge < -0.3 is 9.32 Å². The van der Waals surface area contributed by atoms with Crippen LogP contribution in [0.25, 0.3) is 21.3 Å². The van der Waals surface area contributed by atoms with Crippen LogP contribution in [-0.4, -0.2) is 47.5 Å². The van der Waals surface area contributed by atoms with Gasteiger partial charge in [-0.25, -0.2) is 9.78 Å². The minimum atomic E-state index is -0.534. The molecule has 1 amide bonds. The Hall–Kier alpha value is -2.97. The number of hydrogen-bond acceptors (Lipinski definition) is 6. The monoisotopic (exact) mass is 424 g/mol. The number of carbonyl (C=O) groups excluding carboxylic acids is 1. The van der Waals surface area contributed by atoms with E-state index in [9.17, 15) is 9.59 Å². The fraction of sp³-hybridized carbons (Fsp3) is 0.318. The molecule has 0 bridgehead atoms. The highest BCUT2D eigenvalue weighted by molar-refractivity contribution is 7.22. The first kappa shape index (κ1) is 20.3. The molecule has 0 radical (unpaired) electrons. The molecule has 0 aliphatic heterocycles. The molecule has 0 spiro atoms. The number of nitrogens with zero attached hydrogens (tertiary/aromatic N) is 4. The normalized spacial score (nSPS) is 11.6. The average molecular weight is 425 g/mol. The molecule has 7 nitrogen and oxygen atoms in total. The minimum Gasteiger partial charge on any atom is -0.408 e. The van der Waals surface area contributed by atoms with Gasteiger partial charge in [0.2, 0.25) is 5.91 Å². The van der Waals surface area contributed by atoms with Gasteiger partial charge in [-0.3, -0.25) is 14.3 Å². The lowest BCUT2D eigenvalue weighted by Crippen LogP contribution is -2.39. The fourth-order valence-corrected chi connectivity index (χ4v) is 4.41. The number of oxazole rings is 1. The first-order valence-electron chi connectivity index (χ1n) is 9.75. The number of fused-ring (bicyclic) bond motifs is 2. The van der Waals surface area contributed by atoms with Crippen molar-refractivity contribution in [2.24, 2.45) is 0 Å². The van der Waals surface area contributed by atoms with Gasteiger partial charge in [0, 0.05) is 13.1 Å². The van der Waals surface area contributed by atoms with Gasteiger partial charge in [-0.15, -0.1) is 0 Å². The van der Waals surface area contributed by atoms with Crippen molar-refractivity contribution in [3.8, 4) is 0 Å². The standard InChI is InChI=1S/C22H24N4O3S/c1-14-9-10-18-20(15(14)2)23-21(30-18)25(12-11-24(3)4)19(27)13-26-16-7-5-6-8-17(16)29-22(26)28/h5-10H,11-13H2,1-4H3. The van der Waals surface area contributed by atoms with E-state index in [1.165, 1.54) is 21.5 Å². The largest absolute Gasteiger partial charge is 0.420 e. The zero-order valence-electron chi connectivity index (χ0n) is 17.5. The third kappa shape index (κ3) is 3.76. The first-order chi connectivity index (χ1) is 14.3. The molecule has 8 heteroatoms. The number of aryl methyl sites for hydroxylation is 2. The van der Waals surface area contributed by atoms with E-state index in [0.717, 1.165) is 15.8 Å². The van der Waals surface area contributed by atoms with Crippen LogP contribution >= 0.6 is 11.3 Å². The maximum Gasteiger partial charge on any atom is 0.420 e. The highest BCUT2D eigenvalue weighted by Gasteiger charge is 2.23. The highest BCUT2D eigenvalue weighted by atomic mass is 32.1. The van der Waals surface area contributed by atoms with Crippen molar-refractivity contribution in [3.05, 3.63) is 58.1 Å². The molecule has 4 rings (SSSR count). The number of carbonyl (C=O) groups is 1. The Labute approximate surface area is 178 Å². The Morgan fingerprint density at radius 1 is 1.13 bits per heavy atom. The third-order valence-electron chi connectivity index (χ3n) is 5.24. The molecule has 30 heavy (non-hydrogen) atoms. The molecule has 4 aromatic rings. The van der Waals surface area contributed by atoms with E-state index in [1.807, 2.05) is 38.1 Å². The van der Waals surface area contributed by atoms with E-state index >= 15 is 0 Å². The number of rotatable bonds is 6. The summed E-state index contributed by atoms with van der Waals surface area (Å²) in [6, 6.07) is 11.2. The van der Waals surface area contributed by atoms with Gasteiger partial charge in [0.25, 0.3) is 0 Å². The van der Waals surface area contributed by atoms with Crippen molar-refractivity contribution in [2.45, 2.75) is 20.4 Å². The third-order valence-corrected chi connectivity index (χ3v) is 6.29. The number of thiazole rings is 1. The Morgan fingerprint density at radius 3 is 2.67 bits per heavy atom. The predicted molar refractivity (Wildman–Crippen MR) is 120 cm³/mol. The Balaban J connectivity index is 1.71. The molecule has 0 atom stereocenters. The summed E-state index contributed by atoms with van der Waals surface area (Å²) in [4.78, 5) is 34.1. The smallest absolute Gasteiger partial charge is 0.408 e. The van der Waals surface area contributed by atoms with Crippen LogP contribution in [0.2, 0.25) is 0 Å². The SMILES string of the molecule is Cc1ccc2sc(N(CCN(C)C)C(=O)Cn3c(=O)oc4ccccc43)nc2c1C. The second-order valence-corrected chi connectivity index (χ2v) is 8.63. The summed E-state index contributed by atoms with van der Waals surface area (Å²) in [5.74, 6) is -0.730. The molecule has 156 valence electrons. The van der Waals surface area contributed by atoms with Crippen LogP contribution < -0.4 is 10.7 Å². The second-order valence-electron chi connectivity index (χ2n) is 7.62. The average Bonchev–Trinajstić information content (AvgIpc) is 3.27. The lowest BCUT2D eigenvalue weighted by molar-refractivity contribution is -0.119. The van der Waals surface area contributed by atoms with Crippen LogP contribution in [0.15, 0.2) is 45.6 Å². The summed E-state index contributed by atoms with van der Waals surface area (Å²) in [6.45, 7) is 5.16. The number of para-hydroxylation sites is 2. The lowest BCUT2D eigenvalue weighted by Gasteiger charge is -2.22. The maximum absolute atomic E-state index is 13.3. The van der Waals surface area contributed by atoms with Gasteiger partial charge in [0.1, 0.15) is 6.54 Å². The van der Waals surface area contributed by atoms with E-state index in [4.69, 9.17) is 9.40 Å². The topological polar surface area (TPSA) is 71.6 Å². The first-order valence-corrected chi connectivity index (χ1v) is 10.6. The number of benzene rings is 2. The molecular weight excluding hydrogens is 400 g/mol. The van der Waals surface area contributed by atoms with Crippen LogP contribution in [0.5, 0.6) is 0 Å². The van der Waals surface area contributed by atoms with Gasteiger partial charge >= 0.3 is 5.76 Å². The zero-order valence-corrected chi connectivity index (χ0v) is 18.3. The lowest BCUT2D eigenvalue weighted by atomic mass is 10.1. The molecule has 2 aromatic heterocycles. The second kappa shape index (κ2) is 8.04. The van der Waals surface area contributed by atoms with Crippen molar-refractivity contribution < 1.29 is 9.21 Å². The Kier molecular flexibility index (Phi) is 5.44. The molecule has 0 aliphatic rings. The zero-order chi connectivity index (χ0) is 21.4. The van der Waals surface area contributed by atoms with Crippen LogP contribution in [0, 0.1) is 13.8 Å². The summed E-state index contributed by atoms with van der Waals surface area (Å²) < 4.78 is 7.70. The van der Waals surface area contributed by atoms with Crippen molar-refractivity contribution in [2.75, 3.05) is 32.1 Å². The van der Waals surface area contributed by atoms with Crippen LogP contribution in [0.1, 0.15) is 11.1 Å². The quantitative estimate of drug-likeness (QED) is 0.474. The Bertz CT molecular complexity index is 1280. The minimum absolute atomic E-state index is 0.1000. The van der Waals surface area contributed by atoms with E-state index in [1.54, 1.807) is 23.1 Å². The molecule has 2 heterocycles. The van der Waals surface area contributed by atoms with Crippen molar-refractivity contribution in [1.82, 2.24) is 14.5 Å². The molecule has 0 aliphatic carbocycles. The fourth-order valence-electron chi connectivity index (χ4n) is 3.34. The van der Waals surface area contributed by atoms with E-state index in [-0.39, 0.29) is 12.5 Å². The number of hydrogen-bond donors (Lipinski definition) is 0. The van der Waals surface area contributed by atoms with Gasteiger partial charge in [-0.05, 0) is 57.3 Å². The summed E-state index contributed by atoms with van der Waals surface area (Å²) in [7, 11) is 3.92. The summed E-state index contributed by atoms with van der Waals surface area (Å²) >= 11 is 1.49. The van der Waals surface area contributed by atoms with Crippen LogP contribution in [-0.2, 0) is 11.3 Å². The van der Waals surface area contributed by atoms with Crippen molar-refractivity contribution in [1.29, 1.82) is 0 Å². The van der Waals surface area contributed by atoms with E-state index in [2.05, 4.69) is 13.0 Å². The van der Waals surface area contributed by atoms with Gasteiger partial charge in [-0.2, -0.15) is 0 Å². The molecule has 0 fully saturated rings. The van der Waals surface area contributed by atoms with Crippen LogP contribution in [0.3, 0.4) is 0 Å². The summed E-state index contributed by atoms with van der Waals surface area (Å²) in [5.41, 5.74) is 4.29. The number of likely N-dealkylation sites (N-methyl/N-ethyl adjacent to an activating group) is 1. The van der Waals surface area contributed by atoms with Gasteiger partial charge in [0.15, 0.2) is 10.7 Å². The maximum atomic E-state index is 13.3. The molecule has 2 aromatic carbocycles. The van der Waals surface area contributed by atoms with Gasteiger partial charge in [-0.1, -0.05) is 29.5 Å². The molecule has 0 saturated heterocycles. The molecular formula is C22H24N4O3S. The van der Waals surface area contributed by atoms with Gasteiger partial charge in [0.05, 0.1) is 15.7 Å². The van der Waals surface area contributed by atoms with E-state index in [0.29, 0.717) is 29.3 Å². The van der Waals surface area contributed by atoms with Crippen molar-refractivity contribution in [3.63, 3.8) is 0 Å². The number of aromatic nitrogens is 2. The molecule has 0 unspecified atom stereocenters. The summed E-state index contributed by atoms with van der Waals surface area (Å²) in [6.07, 6.45) is 0. The number of anilines is 1. The highest BCUT2D eigenvalue weighted by Crippen LogP contribution is 2.32.